The lowest BCUT2D eigenvalue weighted by molar-refractivity contribution is 0.254. The molecule has 3 N–H and O–H groups in total. The van der Waals surface area contributed by atoms with Gasteiger partial charge in [0, 0.05) is 6.04 Å². The van der Waals surface area contributed by atoms with Gasteiger partial charge in [-0.25, -0.2) is 5.43 Å². The van der Waals surface area contributed by atoms with Gasteiger partial charge in [0.25, 0.3) is 0 Å². The lowest BCUT2D eigenvalue weighted by atomic mass is 10.4. The standard InChI is InChI=1S/C5H15N3/c1-5(2)8(3)4-7-6/h5,7H,4,6H2,1-3H3. The quantitative estimate of drug-likeness (QED) is 0.304. The van der Waals surface area contributed by atoms with E-state index in [2.05, 4.69) is 24.2 Å². The van der Waals surface area contributed by atoms with Gasteiger partial charge < -0.3 is 0 Å². The predicted molar refractivity (Wildman–Crippen MR) is 35.1 cm³/mol. The monoisotopic (exact) mass is 117 g/mol. The van der Waals surface area contributed by atoms with Crippen molar-refractivity contribution in [3.05, 3.63) is 0 Å². The van der Waals surface area contributed by atoms with Gasteiger partial charge in [-0.3, -0.25) is 10.7 Å². The number of nitrogens with zero attached hydrogens (tertiary/aromatic N) is 1. The Hall–Kier alpha value is -0.120. The van der Waals surface area contributed by atoms with Gasteiger partial charge in [0.1, 0.15) is 0 Å². The molecular weight excluding hydrogens is 102 g/mol. The fraction of sp³-hybridized carbons (Fsp3) is 1.00. The molecule has 0 aliphatic carbocycles. The molecule has 3 heteroatoms. The molecule has 0 atom stereocenters. The number of nitrogens with two attached hydrogens (primary N) is 1. The summed E-state index contributed by atoms with van der Waals surface area (Å²) in [7, 11) is 2.02. The van der Waals surface area contributed by atoms with Crippen molar-refractivity contribution >= 4 is 0 Å². The first-order valence-electron chi connectivity index (χ1n) is 2.82. The molecule has 0 spiro atoms. The Balaban J connectivity index is 3.17. The van der Waals surface area contributed by atoms with Crippen LogP contribution in [0.25, 0.3) is 0 Å². The van der Waals surface area contributed by atoms with E-state index in [1.807, 2.05) is 7.05 Å². The van der Waals surface area contributed by atoms with E-state index >= 15 is 0 Å². The van der Waals surface area contributed by atoms with Crippen LogP contribution in [0.4, 0.5) is 0 Å². The minimum absolute atomic E-state index is 0.561. The smallest absolute Gasteiger partial charge is 0.0612 e. The highest BCUT2D eigenvalue weighted by Gasteiger charge is 1.98. The molecular formula is C5H15N3. The van der Waals surface area contributed by atoms with Crippen molar-refractivity contribution in [2.75, 3.05) is 13.7 Å². The molecule has 3 nitrogen and oxygen atoms in total. The van der Waals surface area contributed by atoms with Crippen molar-refractivity contribution in [1.82, 2.24) is 10.3 Å². The van der Waals surface area contributed by atoms with Gasteiger partial charge in [-0.2, -0.15) is 0 Å². The first kappa shape index (κ1) is 7.88. The molecule has 0 saturated carbocycles. The zero-order valence-electron chi connectivity index (χ0n) is 5.81. The predicted octanol–water partition coefficient (Wildman–Crippen LogP) is -0.253. The van der Waals surface area contributed by atoms with E-state index in [-0.39, 0.29) is 0 Å². The van der Waals surface area contributed by atoms with Crippen LogP contribution in [-0.4, -0.2) is 24.7 Å². The second-order valence-corrected chi connectivity index (χ2v) is 2.21. The maximum atomic E-state index is 5.08. The lowest BCUT2D eigenvalue weighted by Gasteiger charge is -2.19. The number of hydrogen-bond acceptors (Lipinski definition) is 3. The Kier molecular flexibility index (Phi) is 3.77. The van der Waals surface area contributed by atoms with Crippen molar-refractivity contribution in [3.8, 4) is 0 Å². The van der Waals surface area contributed by atoms with Crippen LogP contribution >= 0.6 is 0 Å². The maximum absolute atomic E-state index is 5.08. The molecule has 0 aromatic rings. The zero-order chi connectivity index (χ0) is 6.57. The molecule has 0 saturated heterocycles. The normalized spacial score (nSPS) is 11.2. The Labute approximate surface area is 50.8 Å². The Morgan fingerprint density at radius 1 is 1.62 bits per heavy atom. The van der Waals surface area contributed by atoms with E-state index in [4.69, 9.17) is 5.84 Å². The zero-order valence-corrected chi connectivity index (χ0v) is 5.81. The molecule has 0 fully saturated rings. The third kappa shape index (κ3) is 2.96. The molecule has 0 heterocycles. The molecule has 0 aromatic heterocycles. The summed E-state index contributed by atoms with van der Waals surface area (Å²) < 4.78 is 0. The molecule has 0 aliphatic heterocycles. The molecule has 50 valence electrons. The fourth-order valence-electron chi connectivity index (χ4n) is 0.327. The van der Waals surface area contributed by atoms with Crippen molar-refractivity contribution in [2.45, 2.75) is 19.9 Å². The maximum Gasteiger partial charge on any atom is 0.0612 e. The van der Waals surface area contributed by atoms with Gasteiger partial charge in [0.2, 0.25) is 0 Å². The molecule has 0 rings (SSSR count). The van der Waals surface area contributed by atoms with Crippen LogP contribution in [0.5, 0.6) is 0 Å². The van der Waals surface area contributed by atoms with Gasteiger partial charge in [-0.1, -0.05) is 0 Å². The summed E-state index contributed by atoms with van der Waals surface area (Å²) in [6.45, 7) is 4.99. The summed E-state index contributed by atoms with van der Waals surface area (Å²) in [5, 5.41) is 0. The SMILES string of the molecule is CC(C)N(C)CNN. The average molecular weight is 117 g/mol. The summed E-state index contributed by atoms with van der Waals surface area (Å²) in [6.07, 6.45) is 0. The van der Waals surface area contributed by atoms with E-state index in [0.29, 0.717) is 6.04 Å². The Morgan fingerprint density at radius 2 is 2.12 bits per heavy atom. The van der Waals surface area contributed by atoms with Crippen LogP contribution in [0, 0.1) is 0 Å². The molecule has 0 bridgehead atoms. The summed E-state index contributed by atoms with van der Waals surface area (Å²) in [6, 6.07) is 0.561. The second-order valence-electron chi connectivity index (χ2n) is 2.21. The molecule has 0 aromatic carbocycles. The summed E-state index contributed by atoms with van der Waals surface area (Å²) in [5.41, 5.74) is 2.57. The van der Waals surface area contributed by atoms with E-state index < -0.39 is 0 Å². The Morgan fingerprint density at radius 3 is 2.25 bits per heavy atom. The molecule has 0 radical (unpaired) electrons. The fourth-order valence-corrected chi connectivity index (χ4v) is 0.327. The number of hydrogen-bond donors (Lipinski definition) is 2. The molecule has 0 unspecified atom stereocenters. The van der Waals surface area contributed by atoms with Gasteiger partial charge in [0.05, 0.1) is 6.67 Å². The summed E-state index contributed by atoms with van der Waals surface area (Å²) in [5.74, 6) is 5.08. The van der Waals surface area contributed by atoms with Crippen LogP contribution in [0.1, 0.15) is 13.8 Å². The lowest BCUT2D eigenvalue weighted by Crippen LogP contribution is -2.38. The van der Waals surface area contributed by atoms with Crippen LogP contribution in [-0.2, 0) is 0 Å². The Bertz CT molecular complexity index is 53.6. The third-order valence-corrected chi connectivity index (χ3v) is 1.22. The largest absolute Gasteiger partial charge is 0.290 e. The second kappa shape index (κ2) is 3.83. The highest BCUT2D eigenvalue weighted by molar-refractivity contribution is 4.51. The number of nitrogens with one attached hydrogen (secondary N) is 1. The number of hydrazine groups is 1. The molecule has 0 aliphatic rings. The molecule has 8 heavy (non-hydrogen) atoms. The topological polar surface area (TPSA) is 41.3 Å². The van der Waals surface area contributed by atoms with Crippen molar-refractivity contribution in [1.29, 1.82) is 0 Å². The highest BCUT2D eigenvalue weighted by atomic mass is 15.3. The average Bonchev–Trinajstić information content (AvgIpc) is 1.67. The van der Waals surface area contributed by atoms with E-state index in [1.165, 1.54) is 0 Å². The minimum atomic E-state index is 0.561. The first-order valence-corrected chi connectivity index (χ1v) is 2.82. The van der Waals surface area contributed by atoms with Crippen molar-refractivity contribution in [2.24, 2.45) is 5.84 Å². The van der Waals surface area contributed by atoms with E-state index in [9.17, 15) is 0 Å². The van der Waals surface area contributed by atoms with E-state index in [0.717, 1.165) is 6.67 Å². The van der Waals surface area contributed by atoms with Crippen molar-refractivity contribution < 1.29 is 0 Å². The van der Waals surface area contributed by atoms with Crippen LogP contribution in [0.3, 0.4) is 0 Å². The van der Waals surface area contributed by atoms with Crippen LogP contribution < -0.4 is 11.3 Å². The highest BCUT2D eigenvalue weighted by Crippen LogP contribution is 1.87. The van der Waals surface area contributed by atoms with Gasteiger partial charge in [0.15, 0.2) is 0 Å². The molecule has 0 amide bonds. The van der Waals surface area contributed by atoms with E-state index in [1.54, 1.807) is 0 Å². The van der Waals surface area contributed by atoms with Gasteiger partial charge in [-0.15, -0.1) is 0 Å². The summed E-state index contributed by atoms with van der Waals surface area (Å²) in [4.78, 5) is 2.11. The van der Waals surface area contributed by atoms with Crippen LogP contribution in [0.15, 0.2) is 0 Å². The third-order valence-electron chi connectivity index (χ3n) is 1.22. The first-order chi connectivity index (χ1) is 3.68. The minimum Gasteiger partial charge on any atom is -0.290 e. The van der Waals surface area contributed by atoms with Gasteiger partial charge in [-0.05, 0) is 20.9 Å². The summed E-state index contributed by atoms with van der Waals surface area (Å²) >= 11 is 0. The number of rotatable bonds is 3. The van der Waals surface area contributed by atoms with Crippen molar-refractivity contribution in [3.63, 3.8) is 0 Å². The van der Waals surface area contributed by atoms with Gasteiger partial charge >= 0.3 is 0 Å². The van der Waals surface area contributed by atoms with Crippen LogP contribution in [0.2, 0.25) is 0 Å².